The molecule has 0 aromatic heterocycles. The summed E-state index contributed by atoms with van der Waals surface area (Å²) in [6.45, 7) is 8.32. The van der Waals surface area contributed by atoms with Crippen LogP contribution < -0.4 is 16.0 Å². The largest absolute Gasteiger partial charge is 0.355 e. The van der Waals surface area contributed by atoms with E-state index < -0.39 is 0 Å². The van der Waals surface area contributed by atoms with E-state index in [2.05, 4.69) is 16.0 Å². The second-order valence-electron chi connectivity index (χ2n) is 5.67. The van der Waals surface area contributed by atoms with Crippen molar-refractivity contribution in [1.82, 2.24) is 16.0 Å². The zero-order valence-electron chi connectivity index (χ0n) is 11.1. The van der Waals surface area contributed by atoms with E-state index in [0.717, 1.165) is 6.42 Å². The lowest BCUT2D eigenvalue weighted by atomic mass is 10.1. The summed E-state index contributed by atoms with van der Waals surface area (Å²) < 4.78 is 0. The Labute approximate surface area is 103 Å². The Morgan fingerprint density at radius 2 is 2.12 bits per heavy atom. The third-order valence-electron chi connectivity index (χ3n) is 2.64. The standard InChI is InChI=1S/C12H23N3O2/c1-8(11(17)15-12(2,3)4)14-9-5-6-10(16)13-7-9/h8-9,14H,5-7H2,1-4H3,(H,13,16)(H,15,17). The molecular weight excluding hydrogens is 218 g/mol. The van der Waals surface area contributed by atoms with Crippen molar-refractivity contribution in [2.45, 2.75) is 58.2 Å². The molecule has 0 radical (unpaired) electrons. The predicted octanol–water partition coefficient (Wildman–Crippen LogP) is 0.158. The van der Waals surface area contributed by atoms with Crippen molar-refractivity contribution in [2.75, 3.05) is 6.54 Å². The molecule has 0 bridgehead atoms. The Hall–Kier alpha value is -1.10. The van der Waals surface area contributed by atoms with Crippen molar-refractivity contribution < 1.29 is 9.59 Å². The molecule has 1 rings (SSSR count). The molecule has 1 fully saturated rings. The number of nitrogens with one attached hydrogen (secondary N) is 3. The van der Waals surface area contributed by atoms with Gasteiger partial charge in [-0.3, -0.25) is 9.59 Å². The average Bonchev–Trinajstić information content (AvgIpc) is 2.19. The number of hydrogen-bond acceptors (Lipinski definition) is 3. The Kier molecular flexibility index (Phi) is 4.51. The first kappa shape index (κ1) is 14.0. The number of carbonyl (C=O) groups is 2. The maximum atomic E-state index is 11.8. The molecule has 17 heavy (non-hydrogen) atoms. The van der Waals surface area contributed by atoms with Crippen molar-refractivity contribution in [2.24, 2.45) is 0 Å². The molecule has 0 spiro atoms. The lowest BCUT2D eigenvalue weighted by Gasteiger charge is -2.28. The van der Waals surface area contributed by atoms with Crippen molar-refractivity contribution in [3.8, 4) is 0 Å². The molecule has 0 aromatic rings. The highest BCUT2D eigenvalue weighted by Gasteiger charge is 2.24. The zero-order valence-corrected chi connectivity index (χ0v) is 11.1. The summed E-state index contributed by atoms with van der Waals surface area (Å²) in [5, 5.41) is 8.95. The molecule has 0 aromatic carbocycles. The highest BCUT2D eigenvalue weighted by Crippen LogP contribution is 2.05. The molecular formula is C12H23N3O2. The molecule has 2 unspecified atom stereocenters. The maximum absolute atomic E-state index is 11.8. The molecule has 5 nitrogen and oxygen atoms in total. The Morgan fingerprint density at radius 1 is 1.47 bits per heavy atom. The number of piperidine rings is 1. The van der Waals surface area contributed by atoms with Gasteiger partial charge in [-0.2, -0.15) is 0 Å². The second kappa shape index (κ2) is 5.49. The Balaban J connectivity index is 2.36. The van der Waals surface area contributed by atoms with E-state index in [1.807, 2.05) is 27.7 Å². The lowest BCUT2D eigenvalue weighted by molar-refractivity contribution is -0.124. The Morgan fingerprint density at radius 3 is 2.59 bits per heavy atom. The van der Waals surface area contributed by atoms with Gasteiger partial charge in [0, 0.05) is 24.5 Å². The van der Waals surface area contributed by atoms with Crippen LogP contribution in [0.2, 0.25) is 0 Å². The number of amides is 2. The van der Waals surface area contributed by atoms with Gasteiger partial charge in [0.25, 0.3) is 0 Å². The van der Waals surface area contributed by atoms with Crippen LogP contribution in [0.1, 0.15) is 40.5 Å². The van der Waals surface area contributed by atoms with Crippen LogP contribution in [0.15, 0.2) is 0 Å². The number of carbonyl (C=O) groups excluding carboxylic acids is 2. The molecule has 1 saturated heterocycles. The average molecular weight is 241 g/mol. The first-order chi connectivity index (χ1) is 7.78. The summed E-state index contributed by atoms with van der Waals surface area (Å²) in [4.78, 5) is 22.8. The molecule has 1 aliphatic heterocycles. The maximum Gasteiger partial charge on any atom is 0.237 e. The molecule has 1 heterocycles. The van der Waals surface area contributed by atoms with E-state index in [1.54, 1.807) is 0 Å². The lowest BCUT2D eigenvalue weighted by Crippen LogP contribution is -2.55. The summed E-state index contributed by atoms with van der Waals surface area (Å²) in [7, 11) is 0. The summed E-state index contributed by atoms with van der Waals surface area (Å²) in [5.74, 6) is 0.0873. The highest BCUT2D eigenvalue weighted by molar-refractivity contribution is 5.82. The minimum absolute atomic E-state index is 0.00519. The van der Waals surface area contributed by atoms with Crippen LogP contribution in [0.4, 0.5) is 0 Å². The molecule has 0 saturated carbocycles. The van der Waals surface area contributed by atoms with Gasteiger partial charge in [-0.1, -0.05) is 0 Å². The highest BCUT2D eigenvalue weighted by atomic mass is 16.2. The molecule has 2 amide bonds. The van der Waals surface area contributed by atoms with Gasteiger partial charge in [0.1, 0.15) is 0 Å². The minimum atomic E-state index is -0.241. The predicted molar refractivity (Wildman–Crippen MR) is 66.5 cm³/mol. The zero-order chi connectivity index (χ0) is 13.1. The monoisotopic (exact) mass is 241 g/mol. The Bertz CT molecular complexity index is 287. The van der Waals surface area contributed by atoms with Crippen LogP contribution in [-0.2, 0) is 9.59 Å². The first-order valence-corrected chi connectivity index (χ1v) is 6.13. The molecule has 1 aliphatic rings. The van der Waals surface area contributed by atoms with Gasteiger partial charge >= 0.3 is 0 Å². The minimum Gasteiger partial charge on any atom is -0.355 e. The van der Waals surface area contributed by atoms with Gasteiger partial charge in [-0.25, -0.2) is 0 Å². The molecule has 0 aliphatic carbocycles. The van der Waals surface area contributed by atoms with Gasteiger partial charge in [0.2, 0.25) is 11.8 Å². The SMILES string of the molecule is CC(NC1CCC(=O)NC1)C(=O)NC(C)(C)C. The van der Waals surface area contributed by atoms with Crippen LogP contribution in [0.25, 0.3) is 0 Å². The van der Waals surface area contributed by atoms with E-state index >= 15 is 0 Å². The van der Waals surface area contributed by atoms with Crippen LogP contribution in [0.5, 0.6) is 0 Å². The number of rotatable bonds is 3. The van der Waals surface area contributed by atoms with Crippen LogP contribution in [0, 0.1) is 0 Å². The summed E-state index contributed by atoms with van der Waals surface area (Å²) in [6, 6.07) is -0.0531. The number of hydrogen-bond donors (Lipinski definition) is 3. The van der Waals surface area contributed by atoms with Crippen molar-refractivity contribution in [3.63, 3.8) is 0 Å². The normalized spacial score (nSPS) is 22.8. The van der Waals surface area contributed by atoms with Crippen molar-refractivity contribution in [1.29, 1.82) is 0 Å². The van der Waals surface area contributed by atoms with E-state index in [4.69, 9.17) is 0 Å². The fourth-order valence-electron chi connectivity index (χ4n) is 1.78. The van der Waals surface area contributed by atoms with E-state index in [0.29, 0.717) is 13.0 Å². The molecule has 3 N–H and O–H groups in total. The quantitative estimate of drug-likeness (QED) is 0.659. The van der Waals surface area contributed by atoms with Crippen LogP contribution in [-0.4, -0.2) is 36.0 Å². The van der Waals surface area contributed by atoms with Gasteiger partial charge < -0.3 is 16.0 Å². The van der Waals surface area contributed by atoms with Gasteiger partial charge in [0.15, 0.2) is 0 Å². The third-order valence-corrected chi connectivity index (χ3v) is 2.64. The van der Waals surface area contributed by atoms with Crippen molar-refractivity contribution in [3.05, 3.63) is 0 Å². The first-order valence-electron chi connectivity index (χ1n) is 6.13. The van der Waals surface area contributed by atoms with E-state index in [1.165, 1.54) is 0 Å². The summed E-state index contributed by atoms with van der Waals surface area (Å²) >= 11 is 0. The van der Waals surface area contributed by atoms with E-state index in [9.17, 15) is 9.59 Å². The van der Waals surface area contributed by atoms with Gasteiger partial charge in [-0.15, -0.1) is 0 Å². The smallest absolute Gasteiger partial charge is 0.237 e. The molecule has 98 valence electrons. The van der Waals surface area contributed by atoms with Crippen LogP contribution in [0.3, 0.4) is 0 Å². The van der Waals surface area contributed by atoms with Gasteiger partial charge in [-0.05, 0) is 34.1 Å². The third kappa shape index (κ3) is 5.17. The fraction of sp³-hybridized carbons (Fsp3) is 0.833. The molecule has 5 heteroatoms. The topological polar surface area (TPSA) is 70.2 Å². The summed E-state index contributed by atoms with van der Waals surface area (Å²) in [5.41, 5.74) is -0.214. The second-order valence-corrected chi connectivity index (χ2v) is 5.67. The van der Waals surface area contributed by atoms with Crippen molar-refractivity contribution >= 4 is 11.8 Å². The molecule has 2 atom stereocenters. The van der Waals surface area contributed by atoms with Crippen LogP contribution >= 0.6 is 0 Å². The fourth-order valence-corrected chi connectivity index (χ4v) is 1.78. The summed E-state index contributed by atoms with van der Waals surface area (Å²) in [6.07, 6.45) is 1.32. The van der Waals surface area contributed by atoms with Gasteiger partial charge in [0.05, 0.1) is 6.04 Å². The van der Waals surface area contributed by atoms with E-state index in [-0.39, 0.29) is 29.4 Å².